The number of anilines is 1. The van der Waals surface area contributed by atoms with Crippen molar-refractivity contribution in [2.24, 2.45) is 5.10 Å². The van der Waals surface area contributed by atoms with Gasteiger partial charge in [-0.2, -0.15) is 5.10 Å². The number of para-hydroxylation sites is 1. The van der Waals surface area contributed by atoms with Crippen molar-refractivity contribution in [3.63, 3.8) is 0 Å². The zero-order valence-electron chi connectivity index (χ0n) is 13.0. The van der Waals surface area contributed by atoms with Crippen LogP contribution in [0.1, 0.15) is 5.56 Å². The predicted octanol–water partition coefficient (Wildman–Crippen LogP) is 4.36. The van der Waals surface area contributed by atoms with Gasteiger partial charge in [-0.3, -0.25) is 5.43 Å². The Balaban J connectivity index is 1.58. The molecule has 6 heteroatoms. The van der Waals surface area contributed by atoms with Crippen LogP contribution in [0.25, 0.3) is 22.2 Å². The smallest absolute Gasteiger partial charge is 0.345 e. The van der Waals surface area contributed by atoms with Crippen LogP contribution >= 0.6 is 11.3 Å². The van der Waals surface area contributed by atoms with Crippen molar-refractivity contribution in [3.8, 4) is 11.3 Å². The molecule has 0 aliphatic carbocycles. The number of rotatable bonds is 4. The third-order valence-corrected chi connectivity index (χ3v) is 4.34. The summed E-state index contributed by atoms with van der Waals surface area (Å²) < 4.78 is 5.35. The number of benzene rings is 2. The molecule has 0 fully saturated rings. The van der Waals surface area contributed by atoms with Crippen LogP contribution in [0, 0.1) is 0 Å². The van der Waals surface area contributed by atoms with Gasteiger partial charge in [0.15, 0.2) is 0 Å². The molecule has 4 rings (SSSR count). The SMILES string of the molecule is O=c1oc2ccccc2cc1-c1csc(N/N=C\c2ccccc2)n1. The molecule has 2 aromatic heterocycles. The van der Waals surface area contributed by atoms with Crippen LogP contribution in [0.3, 0.4) is 0 Å². The monoisotopic (exact) mass is 347 g/mol. The molecule has 0 amide bonds. The third kappa shape index (κ3) is 3.34. The fraction of sp³-hybridized carbons (Fsp3) is 0. The molecule has 0 radical (unpaired) electrons. The lowest BCUT2D eigenvalue weighted by atomic mass is 10.1. The summed E-state index contributed by atoms with van der Waals surface area (Å²) in [6.45, 7) is 0. The van der Waals surface area contributed by atoms with Gasteiger partial charge in [0.05, 0.1) is 17.5 Å². The number of thiazole rings is 1. The van der Waals surface area contributed by atoms with E-state index in [0.29, 0.717) is 22.0 Å². The van der Waals surface area contributed by atoms with Gasteiger partial charge in [-0.15, -0.1) is 11.3 Å². The summed E-state index contributed by atoms with van der Waals surface area (Å²) in [6, 6.07) is 19.0. The van der Waals surface area contributed by atoms with Gasteiger partial charge >= 0.3 is 5.63 Å². The first-order valence-electron chi connectivity index (χ1n) is 7.62. The molecule has 0 bridgehead atoms. The fourth-order valence-corrected chi connectivity index (χ4v) is 3.05. The van der Waals surface area contributed by atoms with Gasteiger partial charge in [-0.1, -0.05) is 48.5 Å². The lowest BCUT2D eigenvalue weighted by Crippen LogP contribution is -2.02. The van der Waals surface area contributed by atoms with Crippen molar-refractivity contribution >= 4 is 33.7 Å². The van der Waals surface area contributed by atoms with E-state index in [0.717, 1.165) is 10.9 Å². The fourth-order valence-electron chi connectivity index (χ4n) is 2.39. The molecule has 122 valence electrons. The van der Waals surface area contributed by atoms with E-state index in [1.165, 1.54) is 11.3 Å². The predicted molar refractivity (Wildman–Crippen MR) is 101 cm³/mol. The quantitative estimate of drug-likeness (QED) is 0.338. The van der Waals surface area contributed by atoms with Gasteiger partial charge in [0.2, 0.25) is 5.13 Å². The highest BCUT2D eigenvalue weighted by atomic mass is 32.1. The molecule has 0 atom stereocenters. The number of nitrogens with zero attached hydrogens (tertiary/aromatic N) is 2. The Bertz CT molecular complexity index is 1100. The van der Waals surface area contributed by atoms with Gasteiger partial charge < -0.3 is 4.42 Å². The number of fused-ring (bicyclic) bond motifs is 1. The first-order chi connectivity index (χ1) is 12.3. The van der Waals surface area contributed by atoms with Gasteiger partial charge in [-0.05, 0) is 17.7 Å². The molecule has 2 aromatic carbocycles. The maximum Gasteiger partial charge on any atom is 0.345 e. The van der Waals surface area contributed by atoms with Crippen molar-refractivity contribution in [2.75, 3.05) is 5.43 Å². The van der Waals surface area contributed by atoms with Crippen LogP contribution in [0.15, 0.2) is 80.4 Å². The van der Waals surface area contributed by atoms with Crippen molar-refractivity contribution < 1.29 is 4.42 Å². The third-order valence-electron chi connectivity index (χ3n) is 3.59. The summed E-state index contributed by atoms with van der Waals surface area (Å²) in [5.41, 5.74) is 5.05. The van der Waals surface area contributed by atoms with Gasteiger partial charge in [0.25, 0.3) is 0 Å². The number of hydrogen-bond donors (Lipinski definition) is 1. The highest BCUT2D eigenvalue weighted by Gasteiger charge is 2.11. The standard InChI is InChI=1S/C19H13N3O2S/c23-18-15(10-14-8-4-5-9-17(14)24-18)16-12-25-19(21-16)22-20-11-13-6-2-1-3-7-13/h1-12H,(H,21,22)/b20-11-. The van der Waals surface area contributed by atoms with E-state index in [4.69, 9.17) is 4.42 Å². The topological polar surface area (TPSA) is 67.5 Å². The Morgan fingerprint density at radius 1 is 1.08 bits per heavy atom. The van der Waals surface area contributed by atoms with E-state index in [2.05, 4.69) is 15.5 Å². The van der Waals surface area contributed by atoms with Gasteiger partial charge in [0.1, 0.15) is 5.58 Å². The molecule has 0 saturated heterocycles. The molecule has 5 nitrogen and oxygen atoms in total. The average Bonchev–Trinajstić information content (AvgIpc) is 3.11. The van der Waals surface area contributed by atoms with Crippen LogP contribution in [0.2, 0.25) is 0 Å². The highest BCUT2D eigenvalue weighted by Crippen LogP contribution is 2.25. The summed E-state index contributed by atoms with van der Waals surface area (Å²) in [5, 5.41) is 7.44. The first-order valence-corrected chi connectivity index (χ1v) is 8.50. The minimum Gasteiger partial charge on any atom is -0.422 e. The van der Waals surface area contributed by atoms with Crippen molar-refractivity contribution in [3.05, 3.63) is 82.0 Å². The van der Waals surface area contributed by atoms with E-state index < -0.39 is 5.63 Å². The maximum atomic E-state index is 12.2. The molecular formula is C19H13N3O2S. The van der Waals surface area contributed by atoms with Crippen molar-refractivity contribution in [1.82, 2.24) is 4.98 Å². The minimum atomic E-state index is -0.400. The summed E-state index contributed by atoms with van der Waals surface area (Å²) >= 11 is 1.38. The lowest BCUT2D eigenvalue weighted by Gasteiger charge is -1.99. The Kier molecular flexibility index (Phi) is 4.10. The maximum absolute atomic E-state index is 12.2. The molecule has 0 aliphatic heterocycles. The Morgan fingerprint density at radius 2 is 1.88 bits per heavy atom. The molecule has 0 aliphatic rings. The zero-order chi connectivity index (χ0) is 17.1. The second-order valence-corrected chi connectivity index (χ2v) is 6.16. The number of aromatic nitrogens is 1. The van der Waals surface area contributed by atoms with E-state index in [1.54, 1.807) is 23.7 Å². The largest absolute Gasteiger partial charge is 0.422 e. The summed E-state index contributed by atoms with van der Waals surface area (Å²) in [5.74, 6) is 0. The second kappa shape index (κ2) is 6.70. The highest BCUT2D eigenvalue weighted by molar-refractivity contribution is 7.14. The van der Waals surface area contributed by atoms with Crippen LogP contribution < -0.4 is 11.1 Å². The summed E-state index contributed by atoms with van der Waals surface area (Å²) in [4.78, 5) is 16.6. The number of hydrogen-bond acceptors (Lipinski definition) is 6. The van der Waals surface area contributed by atoms with E-state index in [1.807, 2.05) is 48.5 Å². The average molecular weight is 347 g/mol. The molecule has 2 heterocycles. The molecule has 0 saturated carbocycles. The van der Waals surface area contributed by atoms with Crippen molar-refractivity contribution in [1.29, 1.82) is 0 Å². The van der Waals surface area contributed by atoms with Crippen LogP contribution in [0.4, 0.5) is 5.13 Å². The molecule has 4 aromatic rings. The minimum absolute atomic E-state index is 0.400. The summed E-state index contributed by atoms with van der Waals surface area (Å²) in [7, 11) is 0. The first kappa shape index (κ1) is 15.3. The Hall–Kier alpha value is -3.25. The van der Waals surface area contributed by atoms with Crippen LogP contribution in [-0.2, 0) is 0 Å². The van der Waals surface area contributed by atoms with E-state index >= 15 is 0 Å². The molecule has 25 heavy (non-hydrogen) atoms. The molecule has 0 unspecified atom stereocenters. The Morgan fingerprint density at radius 3 is 2.76 bits per heavy atom. The van der Waals surface area contributed by atoms with Crippen molar-refractivity contribution in [2.45, 2.75) is 0 Å². The van der Waals surface area contributed by atoms with Crippen LogP contribution in [-0.4, -0.2) is 11.2 Å². The molecular weight excluding hydrogens is 334 g/mol. The number of hydrazone groups is 1. The van der Waals surface area contributed by atoms with E-state index in [-0.39, 0.29) is 0 Å². The van der Waals surface area contributed by atoms with Gasteiger partial charge in [0, 0.05) is 10.8 Å². The number of nitrogens with one attached hydrogen (secondary N) is 1. The van der Waals surface area contributed by atoms with Crippen LogP contribution in [0.5, 0.6) is 0 Å². The lowest BCUT2D eigenvalue weighted by molar-refractivity contribution is 0.563. The van der Waals surface area contributed by atoms with E-state index in [9.17, 15) is 4.79 Å². The van der Waals surface area contributed by atoms with Gasteiger partial charge in [-0.25, -0.2) is 9.78 Å². The zero-order valence-corrected chi connectivity index (χ0v) is 13.9. The molecule has 1 N–H and O–H groups in total. The summed E-state index contributed by atoms with van der Waals surface area (Å²) in [6.07, 6.45) is 1.71. The second-order valence-electron chi connectivity index (χ2n) is 5.30. The normalized spacial score (nSPS) is 11.2. The molecule has 0 spiro atoms. The Labute approximate surface area is 147 Å².